The zero-order valence-electron chi connectivity index (χ0n) is 5.20. The van der Waals surface area contributed by atoms with Gasteiger partial charge in [-0.3, -0.25) is 0 Å². The molecule has 1 aliphatic rings. The highest BCUT2D eigenvalue weighted by molar-refractivity contribution is 14.1. The third-order valence-corrected chi connectivity index (χ3v) is 2.79. The van der Waals surface area contributed by atoms with E-state index in [-0.39, 0.29) is 18.8 Å². The normalized spacial score (nSPS) is 29.3. The van der Waals surface area contributed by atoms with Crippen LogP contribution in [0.4, 0.5) is 8.78 Å². The van der Waals surface area contributed by atoms with Gasteiger partial charge in [-0.25, -0.2) is 8.78 Å². The maximum atomic E-state index is 12.1. The van der Waals surface area contributed by atoms with Crippen LogP contribution < -0.4 is 0 Å². The van der Waals surface area contributed by atoms with E-state index in [0.717, 1.165) is 0 Å². The summed E-state index contributed by atoms with van der Waals surface area (Å²) in [6.07, 6.45) is 0.216. The van der Waals surface area contributed by atoms with Gasteiger partial charge in [0, 0.05) is 16.8 Å². The molecule has 0 saturated heterocycles. The molecule has 1 aliphatic carbocycles. The number of rotatable bonds is 1. The molecule has 0 N–H and O–H groups in total. The van der Waals surface area contributed by atoms with Crippen LogP contribution in [0.3, 0.4) is 0 Å². The molecule has 0 nitrogen and oxygen atoms in total. The maximum absolute atomic E-state index is 12.1. The van der Waals surface area contributed by atoms with Gasteiger partial charge in [0.2, 0.25) is 5.92 Å². The quantitative estimate of drug-likeness (QED) is 0.493. The summed E-state index contributed by atoms with van der Waals surface area (Å²) in [5.41, 5.74) is 0. The Morgan fingerprint density at radius 2 is 2.00 bits per heavy atom. The molecule has 1 atom stereocenters. The van der Waals surface area contributed by atoms with Crippen LogP contribution in [0, 0.1) is 5.92 Å². The predicted octanol–water partition coefficient (Wildman–Crippen LogP) is 2.86. The lowest BCUT2D eigenvalue weighted by molar-refractivity contribution is -0.108. The minimum absolute atomic E-state index is 0.108. The molecule has 1 saturated carbocycles. The average Bonchev–Trinajstić information content (AvgIpc) is 1.59. The number of alkyl halides is 3. The predicted molar refractivity (Wildman–Crippen MR) is 41.2 cm³/mol. The van der Waals surface area contributed by atoms with E-state index in [1.807, 2.05) is 6.92 Å². The zero-order chi connectivity index (χ0) is 7.07. The molecule has 3 heteroatoms. The largest absolute Gasteiger partial charge is 0.248 e. The summed E-state index contributed by atoms with van der Waals surface area (Å²) >= 11 is 2.20. The molecule has 0 aromatic carbocycles. The van der Waals surface area contributed by atoms with Crippen molar-refractivity contribution in [2.45, 2.75) is 29.6 Å². The van der Waals surface area contributed by atoms with Crippen LogP contribution >= 0.6 is 22.6 Å². The Hall–Kier alpha value is 0.590. The van der Waals surface area contributed by atoms with Gasteiger partial charge in [0.05, 0.1) is 0 Å². The van der Waals surface area contributed by atoms with Gasteiger partial charge in [0.25, 0.3) is 0 Å². The summed E-state index contributed by atoms with van der Waals surface area (Å²) in [5, 5.41) is 0. The van der Waals surface area contributed by atoms with Crippen LogP contribution in [0.2, 0.25) is 0 Å². The standard InChI is InChI=1S/C6H9F2I/c1-4(9)5-2-6(7,8)3-5/h4-5H,2-3H2,1H3. The van der Waals surface area contributed by atoms with Gasteiger partial charge in [-0.1, -0.05) is 29.5 Å². The van der Waals surface area contributed by atoms with Crippen molar-refractivity contribution in [1.82, 2.24) is 0 Å². The van der Waals surface area contributed by atoms with Gasteiger partial charge in [0.15, 0.2) is 0 Å². The molecule has 1 rings (SSSR count). The average molecular weight is 246 g/mol. The van der Waals surface area contributed by atoms with Crippen LogP contribution in [0.5, 0.6) is 0 Å². The molecule has 9 heavy (non-hydrogen) atoms. The summed E-state index contributed by atoms with van der Waals surface area (Å²) in [6.45, 7) is 1.99. The fourth-order valence-electron chi connectivity index (χ4n) is 1.03. The smallest absolute Gasteiger partial charge is 0.207 e. The lowest BCUT2D eigenvalue weighted by Crippen LogP contribution is -2.38. The summed E-state index contributed by atoms with van der Waals surface area (Å²) in [5.74, 6) is -2.06. The Morgan fingerprint density at radius 3 is 2.11 bits per heavy atom. The van der Waals surface area contributed by atoms with Gasteiger partial charge < -0.3 is 0 Å². The van der Waals surface area contributed by atoms with Gasteiger partial charge in [-0.2, -0.15) is 0 Å². The molecule has 54 valence electrons. The SMILES string of the molecule is CC(I)C1CC(F)(F)C1. The number of hydrogen-bond acceptors (Lipinski definition) is 0. The molecule has 1 fully saturated rings. The lowest BCUT2D eigenvalue weighted by atomic mass is 9.80. The highest BCUT2D eigenvalue weighted by Gasteiger charge is 2.46. The van der Waals surface area contributed by atoms with Crippen molar-refractivity contribution in [2.24, 2.45) is 5.92 Å². The topological polar surface area (TPSA) is 0 Å². The summed E-state index contributed by atoms with van der Waals surface area (Å²) in [6, 6.07) is 0. The first-order chi connectivity index (χ1) is 4.01. The monoisotopic (exact) mass is 246 g/mol. The fourth-order valence-corrected chi connectivity index (χ4v) is 1.54. The van der Waals surface area contributed by atoms with Crippen molar-refractivity contribution in [3.63, 3.8) is 0 Å². The molecule has 0 amide bonds. The van der Waals surface area contributed by atoms with E-state index in [4.69, 9.17) is 0 Å². The van der Waals surface area contributed by atoms with Crippen LogP contribution in [0.15, 0.2) is 0 Å². The second kappa shape index (κ2) is 2.32. The van der Waals surface area contributed by atoms with E-state index in [0.29, 0.717) is 3.92 Å². The first-order valence-electron chi connectivity index (χ1n) is 3.03. The molecule has 0 heterocycles. The van der Waals surface area contributed by atoms with Gasteiger partial charge in [-0.05, 0) is 5.92 Å². The molecule has 0 aliphatic heterocycles. The molecule has 1 unspecified atom stereocenters. The van der Waals surface area contributed by atoms with E-state index in [1.165, 1.54) is 0 Å². The first-order valence-corrected chi connectivity index (χ1v) is 4.28. The van der Waals surface area contributed by atoms with E-state index in [9.17, 15) is 8.78 Å². The van der Waals surface area contributed by atoms with Crippen LogP contribution in [-0.4, -0.2) is 9.85 Å². The Balaban J connectivity index is 2.27. The van der Waals surface area contributed by atoms with E-state index >= 15 is 0 Å². The van der Waals surface area contributed by atoms with Gasteiger partial charge >= 0.3 is 0 Å². The molecule has 0 aromatic heterocycles. The molecular formula is C6H9F2I. The molecule has 0 aromatic rings. The molecule has 0 radical (unpaired) electrons. The van der Waals surface area contributed by atoms with Crippen molar-refractivity contribution in [3.05, 3.63) is 0 Å². The number of hydrogen-bond donors (Lipinski definition) is 0. The van der Waals surface area contributed by atoms with Crippen molar-refractivity contribution in [3.8, 4) is 0 Å². The Kier molecular flexibility index (Phi) is 1.99. The highest BCUT2D eigenvalue weighted by Crippen LogP contribution is 2.45. The Morgan fingerprint density at radius 1 is 1.56 bits per heavy atom. The van der Waals surface area contributed by atoms with Crippen LogP contribution in [0.1, 0.15) is 19.8 Å². The van der Waals surface area contributed by atoms with Crippen LogP contribution in [0.25, 0.3) is 0 Å². The zero-order valence-corrected chi connectivity index (χ0v) is 7.36. The van der Waals surface area contributed by atoms with Crippen molar-refractivity contribution in [1.29, 1.82) is 0 Å². The minimum atomic E-state index is -2.33. The Labute approximate surface area is 67.2 Å². The van der Waals surface area contributed by atoms with Crippen molar-refractivity contribution >= 4 is 22.6 Å². The summed E-state index contributed by atoms with van der Waals surface area (Å²) in [4.78, 5) is 0. The number of halogens is 3. The highest BCUT2D eigenvalue weighted by atomic mass is 127. The van der Waals surface area contributed by atoms with Crippen molar-refractivity contribution in [2.75, 3.05) is 0 Å². The third-order valence-electron chi connectivity index (χ3n) is 1.77. The maximum Gasteiger partial charge on any atom is 0.248 e. The lowest BCUT2D eigenvalue weighted by Gasteiger charge is -2.36. The van der Waals surface area contributed by atoms with E-state index < -0.39 is 5.92 Å². The van der Waals surface area contributed by atoms with E-state index in [1.54, 1.807) is 0 Å². The second-order valence-electron chi connectivity index (χ2n) is 2.70. The molecule has 0 bridgehead atoms. The van der Waals surface area contributed by atoms with Gasteiger partial charge in [0.1, 0.15) is 0 Å². The van der Waals surface area contributed by atoms with E-state index in [2.05, 4.69) is 22.6 Å². The second-order valence-corrected chi connectivity index (χ2v) is 4.67. The summed E-state index contributed by atoms with van der Waals surface area (Å²) < 4.78 is 24.7. The molecule has 0 spiro atoms. The van der Waals surface area contributed by atoms with Crippen LogP contribution in [-0.2, 0) is 0 Å². The molecular weight excluding hydrogens is 237 g/mol. The fraction of sp³-hybridized carbons (Fsp3) is 1.00. The Bertz CT molecular complexity index is 104. The van der Waals surface area contributed by atoms with Gasteiger partial charge in [-0.15, -0.1) is 0 Å². The third kappa shape index (κ3) is 1.75. The summed E-state index contributed by atoms with van der Waals surface area (Å²) in [7, 11) is 0. The minimum Gasteiger partial charge on any atom is -0.207 e. The van der Waals surface area contributed by atoms with Crippen molar-refractivity contribution < 1.29 is 8.78 Å². The first kappa shape index (κ1) is 7.69.